The van der Waals surface area contributed by atoms with Gasteiger partial charge in [0.2, 0.25) is 5.91 Å². The third-order valence-corrected chi connectivity index (χ3v) is 3.41. The van der Waals surface area contributed by atoms with Crippen molar-refractivity contribution in [3.8, 4) is 0 Å². The zero-order valence-electron chi connectivity index (χ0n) is 12.8. The van der Waals surface area contributed by atoms with Gasteiger partial charge in [0.1, 0.15) is 6.61 Å². The molecule has 0 spiro atoms. The van der Waals surface area contributed by atoms with Crippen molar-refractivity contribution in [2.24, 2.45) is 0 Å². The second kappa shape index (κ2) is 7.78. The lowest BCUT2D eigenvalue weighted by molar-refractivity contribution is -0.142. The first-order chi connectivity index (χ1) is 9.87. The summed E-state index contributed by atoms with van der Waals surface area (Å²) in [4.78, 5) is 22.5. The number of hydrogen-bond donors (Lipinski definition) is 2. The molecule has 0 unspecified atom stereocenters. The lowest BCUT2D eigenvalue weighted by Crippen LogP contribution is -2.41. The minimum atomic E-state index is -1.02. The maximum Gasteiger partial charge on any atom is 0.329 e. The van der Waals surface area contributed by atoms with Crippen LogP contribution < -0.4 is 5.32 Å². The zero-order valence-corrected chi connectivity index (χ0v) is 12.8. The molecule has 2 N–H and O–H groups in total. The van der Waals surface area contributed by atoms with E-state index in [2.05, 4.69) is 12.2 Å². The monoisotopic (exact) mass is 293 g/mol. The molecule has 0 bridgehead atoms. The molecule has 0 aromatic heterocycles. The molecule has 0 atom stereocenters. The largest absolute Gasteiger partial charge is 0.480 e. The quantitative estimate of drug-likeness (QED) is 0.716. The topological polar surface area (TPSA) is 75.6 Å². The Morgan fingerprint density at radius 1 is 1.24 bits per heavy atom. The molecule has 116 valence electrons. The second-order valence-electron chi connectivity index (χ2n) is 5.38. The summed E-state index contributed by atoms with van der Waals surface area (Å²) in [6.45, 7) is 5.94. The number of carbonyl (C=O) groups is 2. The molecule has 0 saturated heterocycles. The average molecular weight is 293 g/mol. The molecule has 1 rings (SSSR count). The normalized spacial score (nSPS) is 11.2. The van der Waals surface area contributed by atoms with Gasteiger partial charge in [-0.25, -0.2) is 4.79 Å². The van der Waals surface area contributed by atoms with Gasteiger partial charge in [0, 0.05) is 6.54 Å². The Hall–Kier alpha value is -1.88. The van der Waals surface area contributed by atoms with Crippen LogP contribution in [0.2, 0.25) is 0 Å². The van der Waals surface area contributed by atoms with Gasteiger partial charge in [-0.05, 0) is 31.4 Å². The highest BCUT2D eigenvalue weighted by Crippen LogP contribution is 2.23. The molecular formula is C16H23NO4. The first-order valence-electron chi connectivity index (χ1n) is 7.05. The molecule has 0 aliphatic rings. The number of amides is 1. The molecule has 1 aromatic rings. The first kappa shape index (κ1) is 17.2. The maximum absolute atomic E-state index is 12.2. The summed E-state index contributed by atoms with van der Waals surface area (Å²) in [5.74, 6) is -1.12. The lowest BCUT2D eigenvalue weighted by Gasteiger charge is -2.24. The van der Waals surface area contributed by atoms with E-state index >= 15 is 0 Å². The van der Waals surface area contributed by atoms with E-state index in [4.69, 9.17) is 9.84 Å². The van der Waals surface area contributed by atoms with Gasteiger partial charge in [-0.3, -0.25) is 4.79 Å². The summed E-state index contributed by atoms with van der Waals surface area (Å²) in [5, 5.41) is 11.2. The van der Waals surface area contributed by atoms with Crippen LogP contribution in [-0.4, -0.2) is 36.7 Å². The molecule has 5 nitrogen and oxygen atoms in total. The van der Waals surface area contributed by atoms with Gasteiger partial charge < -0.3 is 15.2 Å². The van der Waals surface area contributed by atoms with Crippen LogP contribution in [0.5, 0.6) is 0 Å². The molecule has 21 heavy (non-hydrogen) atoms. The van der Waals surface area contributed by atoms with Crippen LogP contribution in [-0.2, 0) is 26.2 Å². The van der Waals surface area contributed by atoms with Gasteiger partial charge in [-0.2, -0.15) is 0 Å². The highest BCUT2D eigenvalue weighted by Gasteiger charge is 2.29. The predicted molar refractivity (Wildman–Crippen MR) is 80.3 cm³/mol. The van der Waals surface area contributed by atoms with Crippen molar-refractivity contribution in [2.75, 3.05) is 19.8 Å². The van der Waals surface area contributed by atoms with Crippen LogP contribution in [0.1, 0.15) is 31.9 Å². The van der Waals surface area contributed by atoms with E-state index < -0.39 is 11.4 Å². The zero-order chi connectivity index (χ0) is 15.9. The van der Waals surface area contributed by atoms with Gasteiger partial charge >= 0.3 is 5.97 Å². The number of carboxylic acids is 1. The molecule has 1 aromatic carbocycles. The fraction of sp³-hybridized carbons (Fsp3) is 0.500. The van der Waals surface area contributed by atoms with Gasteiger partial charge in [0.25, 0.3) is 0 Å². The maximum atomic E-state index is 12.2. The van der Waals surface area contributed by atoms with Crippen LogP contribution >= 0.6 is 0 Å². The molecule has 0 saturated carbocycles. The number of hydrogen-bond acceptors (Lipinski definition) is 3. The number of ether oxygens (including phenoxy) is 1. The highest BCUT2D eigenvalue weighted by molar-refractivity contribution is 5.87. The molecule has 0 aliphatic carbocycles. The first-order valence-corrected chi connectivity index (χ1v) is 7.05. The van der Waals surface area contributed by atoms with E-state index in [0.29, 0.717) is 6.54 Å². The molecule has 0 aliphatic heterocycles. The predicted octanol–water partition coefficient (Wildman–Crippen LogP) is 1.74. The van der Waals surface area contributed by atoms with E-state index in [1.807, 2.05) is 38.1 Å². The highest BCUT2D eigenvalue weighted by atomic mass is 16.5. The Morgan fingerprint density at radius 3 is 2.38 bits per heavy atom. The third-order valence-electron chi connectivity index (χ3n) is 3.41. The Bertz CT molecular complexity index is 480. The summed E-state index contributed by atoms with van der Waals surface area (Å²) in [6, 6.07) is 8.00. The van der Waals surface area contributed by atoms with Crippen molar-refractivity contribution in [3.05, 3.63) is 35.4 Å². The van der Waals surface area contributed by atoms with Gasteiger partial charge in [-0.15, -0.1) is 0 Å². The van der Waals surface area contributed by atoms with Crippen LogP contribution in [0.4, 0.5) is 0 Å². The van der Waals surface area contributed by atoms with Crippen LogP contribution in [0.3, 0.4) is 0 Å². The fourth-order valence-electron chi connectivity index (χ4n) is 1.91. The van der Waals surface area contributed by atoms with Crippen molar-refractivity contribution >= 4 is 11.9 Å². The van der Waals surface area contributed by atoms with Gasteiger partial charge in [0.15, 0.2) is 0 Å². The lowest BCUT2D eigenvalue weighted by atomic mass is 9.83. The van der Waals surface area contributed by atoms with E-state index in [9.17, 15) is 9.59 Å². The minimum Gasteiger partial charge on any atom is -0.480 e. The Kier molecular flexibility index (Phi) is 6.37. The third kappa shape index (κ3) is 5.19. The Balaban J connectivity index is 2.52. The Morgan fingerprint density at radius 2 is 1.86 bits per heavy atom. The summed E-state index contributed by atoms with van der Waals surface area (Å²) < 4.78 is 4.88. The summed E-state index contributed by atoms with van der Waals surface area (Å²) in [7, 11) is 0. The van der Waals surface area contributed by atoms with Crippen LogP contribution in [0.25, 0.3) is 0 Å². The number of benzene rings is 1. The molecule has 0 fully saturated rings. The summed E-state index contributed by atoms with van der Waals surface area (Å²) in [5.41, 5.74) is 1.54. The van der Waals surface area contributed by atoms with E-state index in [1.165, 1.54) is 5.56 Å². The van der Waals surface area contributed by atoms with Crippen LogP contribution in [0, 0.1) is 0 Å². The average Bonchev–Trinajstić information content (AvgIpc) is 2.46. The molecule has 5 heteroatoms. The van der Waals surface area contributed by atoms with Crippen molar-refractivity contribution in [1.82, 2.24) is 5.32 Å². The smallest absolute Gasteiger partial charge is 0.329 e. The van der Waals surface area contributed by atoms with Crippen LogP contribution in [0.15, 0.2) is 24.3 Å². The Labute approximate surface area is 125 Å². The molecular weight excluding hydrogens is 270 g/mol. The van der Waals surface area contributed by atoms with Gasteiger partial charge in [0.05, 0.1) is 12.0 Å². The van der Waals surface area contributed by atoms with E-state index in [-0.39, 0.29) is 19.1 Å². The van der Waals surface area contributed by atoms with Crippen molar-refractivity contribution in [1.29, 1.82) is 0 Å². The number of aliphatic carboxylic acids is 1. The standard InChI is InChI=1S/C16H23NO4/c1-4-12-5-7-13(8-6-12)16(2,3)15(20)17-9-10-21-11-14(18)19/h5-8H,4,9-11H2,1-3H3,(H,17,20)(H,18,19). The second-order valence-corrected chi connectivity index (χ2v) is 5.38. The molecule has 1 amide bonds. The fourth-order valence-corrected chi connectivity index (χ4v) is 1.91. The molecule has 0 radical (unpaired) electrons. The van der Waals surface area contributed by atoms with Crippen molar-refractivity contribution < 1.29 is 19.4 Å². The van der Waals surface area contributed by atoms with E-state index in [1.54, 1.807) is 0 Å². The summed E-state index contributed by atoms with van der Waals surface area (Å²) in [6.07, 6.45) is 0.966. The van der Waals surface area contributed by atoms with E-state index in [0.717, 1.165) is 12.0 Å². The molecule has 0 heterocycles. The summed E-state index contributed by atoms with van der Waals surface area (Å²) >= 11 is 0. The number of nitrogens with one attached hydrogen (secondary N) is 1. The van der Waals surface area contributed by atoms with Crippen molar-refractivity contribution in [3.63, 3.8) is 0 Å². The number of rotatable bonds is 8. The minimum absolute atomic E-state index is 0.106. The van der Waals surface area contributed by atoms with Gasteiger partial charge in [-0.1, -0.05) is 31.2 Å². The SMILES string of the molecule is CCc1ccc(C(C)(C)C(=O)NCCOCC(=O)O)cc1. The number of carboxylic acid groups (broad SMARTS) is 1. The van der Waals surface area contributed by atoms with Crippen molar-refractivity contribution in [2.45, 2.75) is 32.6 Å². The number of aryl methyl sites for hydroxylation is 1. The number of carbonyl (C=O) groups excluding carboxylic acids is 1.